The number of imide groups is 1. The summed E-state index contributed by atoms with van der Waals surface area (Å²) in [5.74, 6) is -1.05. The Morgan fingerprint density at radius 3 is 2.12 bits per heavy atom. The predicted molar refractivity (Wildman–Crippen MR) is 98.2 cm³/mol. The molecule has 6 heteroatoms. The van der Waals surface area contributed by atoms with Gasteiger partial charge in [0.2, 0.25) is 0 Å². The molecule has 0 aliphatic heterocycles. The molecule has 0 spiro atoms. The van der Waals surface area contributed by atoms with Crippen molar-refractivity contribution in [3.8, 4) is 11.5 Å². The van der Waals surface area contributed by atoms with Gasteiger partial charge in [-0.2, -0.15) is 0 Å². The summed E-state index contributed by atoms with van der Waals surface area (Å²) >= 11 is 0. The van der Waals surface area contributed by atoms with Crippen LogP contribution in [-0.2, 0) is 0 Å². The van der Waals surface area contributed by atoms with Crippen molar-refractivity contribution in [2.24, 2.45) is 0 Å². The molecule has 142 valence electrons. The Morgan fingerprint density at radius 2 is 1.50 bits per heavy atom. The summed E-state index contributed by atoms with van der Waals surface area (Å²) in [6, 6.07) is 3.63. The summed E-state index contributed by atoms with van der Waals surface area (Å²) < 4.78 is 0. The van der Waals surface area contributed by atoms with E-state index >= 15 is 0 Å². The van der Waals surface area contributed by atoms with Crippen LogP contribution in [-0.4, -0.2) is 39.1 Å². The van der Waals surface area contributed by atoms with Gasteiger partial charge in [0.1, 0.15) is 0 Å². The molecule has 3 rings (SSSR count). The number of carbonyl (C=O) groups excluding carboxylic acids is 2. The summed E-state index contributed by atoms with van der Waals surface area (Å²) in [7, 11) is 0. The molecular formula is C20H28N2O4. The molecule has 1 aromatic carbocycles. The minimum absolute atomic E-state index is 0.115. The third-order valence-electron chi connectivity index (χ3n) is 5.53. The molecule has 0 aromatic heterocycles. The van der Waals surface area contributed by atoms with Crippen LogP contribution in [0.25, 0.3) is 0 Å². The van der Waals surface area contributed by atoms with Crippen molar-refractivity contribution >= 4 is 11.9 Å². The average Bonchev–Trinajstić information content (AvgIpc) is 2.66. The molecule has 0 heterocycles. The lowest BCUT2D eigenvalue weighted by Gasteiger charge is -2.34. The fraction of sp³-hybridized carbons (Fsp3) is 0.600. The number of rotatable bonds is 3. The Kier molecular flexibility index (Phi) is 6.01. The highest BCUT2D eigenvalue weighted by Crippen LogP contribution is 2.28. The number of urea groups is 1. The lowest BCUT2D eigenvalue weighted by Crippen LogP contribution is -2.52. The number of carbonyl (C=O) groups is 2. The van der Waals surface area contributed by atoms with Crippen LogP contribution in [0.5, 0.6) is 11.5 Å². The average molecular weight is 360 g/mol. The second-order valence-corrected chi connectivity index (χ2v) is 7.45. The second kappa shape index (κ2) is 8.43. The lowest BCUT2D eigenvalue weighted by atomic mass is 9.93. The first-order valence-corrected chi connectivity index (χ1v) is 9.72. The third-order valence-corrected chi connectivity index (χ3v) is 5.53. The fourth-order valence-electron chi connectivity index (χ4n) is 4.05. The smallest absolute Gasteiger partial charge is 0.324 e. The molecular weight excluding hydrogens is 332 g/mol. The van der Waals surface area contributed by atoms with Gasteiger partial charge in [0, 0.05) is 17.6 Å². The zero-order valence-electron chi connectivity index (χ0n) is 15.1. The van der Waals surface area contributed by atoms with Gasteiger partial charge in [-0.3, -0.25) is 9.69 Å². The van der Waals surface area contributed by atoms with Gasteiger partial charge in [-0.25, -0.2) is 4.79 Å². The van der Waals surface area contributed by atoms with Crippen molar-refractivity contribution in [1.82, 2.24) is 10.2 Å². The summed E-state index contributed by atoms with van der Waals surface area (Å²) in [5, 5.41) is 22.3. The number of nitrogens with one attached hydrogen (secondary N) is 1. The summed E-state index contributed by atoms with van der Waals surface area (Å²) in [6.45, 7) is 0. The van der Waals surface area contributed by atoms with E-state index < -0.39 is 5.91 Å². The normalized spacial score (nSPS) is 19.1. The standard InChI is InChI=1S/C20H28N2O4/c23-17-12-11-14(13-18(17)24)19(25)22(16-9-5-2-6-10-16)20(26)21-15-7-3-1-4-8-15/h11-13,15-16,23-24H,1-10H2,(H,21,26). The van der Waals surface area contributed by atoms with Gasteiger partial charge in [-0.1, -0.05) is 38.5 Å². The minimum Gasteiger partial charge on any atom is -0.504 e. The first-order valence-electron chi connectivity index (χ1n) is 9.72. The first kappa shape index (κ1) is 18.5. The van der Waals surface area contributed by atoms with E-state index in [9.17, 15) is 19.8 Å². The molecule has 2 fully saturated rings. The number of hydrogen-bond donors (Lipinski definition) is 3. The number of nitrogens with zero attached hydrogens (tertiary/aromatic N) is 1. The molecule has 3 amide bonds. The van der Waals surface area contributed by atoms with Crippen LogP contribution in [0, 0.1) is 0 Å². The molecule has 0 saturated heterocycles. The first-order chi connectivity index (χ1) is 12.6. The predicted octanol–water partition coefficient (Wildman–Crippen LogP) is 3.92. The maximum atomic E-state index is 13.1. The fourth-order valence-corrected chi connectivity index (χ4v) is 4.05. The van der Waals surface area contributed by atoms with Crippen LogP contribution in [0.2, 0.25) is 0 Å². The lowest BCUT2D eigenvalue weighted by molar-refractivity contribution is 0.0701. The van der Waals surface area contributed by atoms with Gasteiger partial charge >= 0.3 is 6.03 Å². The van der Waals surface area contributed by atoms with E-state index in [0.717, 1.165) is 57.8 Å². The Bertz CT molecular complexity index is 649. The van der Waals surface area contributed by atoms with Gasteiger partial charge in [-0.05, 0) is 43.9 Å². The molecule has 0 atom stereocenters. The molecule has 2 saturated carbocycles. The molecule has 3 N–H and O–H groups in total. The Labute approximate surface area is 154 Å². The summed E-state index contributed by atoms with van der Waals surface area (Å²) in [6.07, 6.45) is 10.1. The van der Waals surface area contributed by atoms with Crippen molar-refractivity contribution in [2.75, 3.05) is 0 Å². The second-order valence-electron chi connectivity index (χ2n) is 7.45. The van der Waals surface area contributed by atoms with Gasteiger partial charge in [0.15, 0.2) is 11.5 Å². The molecule has 26 heavy (non-hydrogen) atoms. The van der Waals surface area contributed by atoms with E-state index in [-0.39, 0.29) is 35.2 Å². The molecule has 0 radical (unpaired) electrons. The Morgan fingerprint density at radius 1 is 0.885 bits per heavy atom. The van der Waals surface area contributed by atoms with Crippen molar-refractivity contribution in [3.05, 3.63) is 23.8 Å². The van der Waals surface area contributed by atoms with Crippen LogP contribution in [0.15, 0.2) is 18.2 Å². The number of aromatic hydroxyl groups is 2. The van der Waals surface area contributed by atoms with Crippen LogP contribution >= 0.6 is 0 Å². The minimum atomic E-state index is -0.416. The van der Waals surface area contributed by atoms with Gasteiger partial charge in [0.05, 0.1) is 0 Å². The van der Waals surface area contributed by atoms with Crippen LogP contribution in [0.3, 0.4) is 0 Å². The van der Waals surface area contributed by atoms with E-state index in [1.165, 1.54) is 29.5 Å². The number of phenolic OH excluding ortho intramolecular Hbond substituents is 2. The summed E-state index contributed by atoms with van der Waals surface area (Å²) in [4.78, 5) is 27.4. The maximum absolute atomic E-state index is 13.1. The van der Waals surface area contributed by atoms with Crippen molar-refractivity contribution < 1.29 is 19.8 Å². The molecule has 6 nitrogen and oxygen atoms in total. The number of benzene rings is 1. The Balaban J connectivity index is 1.80. The molecule has 2 aliphatic rings. The van der Waals surface area contributed by atoms with Crippen molar-refractivity contribution in [3.63, 3.8) is 0 Å². The zero-order chi connectivity index (χ0) is 18.5. The highest BCUT2D eigenvalue weighted by atomic mass is 16.3. The van der Waals surface area contributed by atoms with Crippen LogP contribution < -0.4 is 5.32 Å². The van der Waals surface area contributed by atoms with E-state index in [1.54, 1.807) is 0 Å². The molecule has 0 unspecified atom stereocenters. The summed E-state index contributed by atoms with van der Waals surface area (Å²) in [5.41, 5.74) is 0.213. The SMILES string of the molecule is O=C(NC1CCCCC1)N(C(=O)c1ccc(O)c(O)c1)C1CCCCC1. The molecule has 0 bridgehead atoms. The van der Waals surface area contributed by atoms with Crippen LogP contribution in [0.1, 0.15) is 74.6 Å². The van der Waals surface area contributed by atoms with Crippen molar-refractivity contribution in [1.29, 1.82) is 0 Å². The monoisotopic (exact) mass is 360 g/mol. The van der Waals surface area contributed by atoms with Gasteiger partial charge < -0.3 is 15.5 Å². The van der Waals surface area contributed by atoms with E-state index in [2.05, 4.69) is 5.32 Å². The van der Waals surface area contributed by atoms with Crippen molar-refractivity contribution in [2.45, 2.75) is 76.3 Å². The van der Waals surface area contributed by atoms with Crippen LogP contribution in [0.4, 0.5) is 4.79 Å². The number of amides is 3. The molecule has 1 aromatic rings. The zero-order valence-corrected chi connectivity index (χ0v) is 15.1. The highest BCUT2D eigenvalue weighted by molar-refractivity contribution is 6.05. The highest BCUT2D eigenvalue weighted by Gasteiger charge is 2.33. The third kappa shape index (κ3) is 4.29. The van der Waals surface area contributed by atoms with E-state index in [0.29, 0.717) is 0 Å². The maximum Gasteiger partial charge on any atom is 0.324 e. The van der Waals surface area contributed by atoms with E-state index in [1.807, 2.05) is 0 Å². The number of phenols is 2. The quantitative estimate of drug-likeness (QED) is 0.713. The Hall–Kier alpha value is -2.24. The number of hydrogen-bond acceptors (Lipinski definition) is 4. The van der Waals surface area contributed by atoms with Gasteiger partial charge in [-0.15, -0.1) is 0 Å². The van der Waals surface area contributed by atoms with Gasteiger partial charge in [0.25, 0.3) is 5.91 Å². The van der Waals surface area contributed by atoms with E-state index in [4.69, 9.17) is 0 Å². The largest absolute Gasteiger partial charge is 0.504 e. The topological polar surface area (TPSA) is 89.9 Å². The molecule has 2 aliphatic carbocycles.